The van der Waals surface area contributed by atoms with E-state index in [-0.39, 0.29) is 0 Å². The number of rotatable bonds is 0. The highest BCUT2D eigenvalue weighted by atomic mass is 14.9. The van der Waals surface area contributed by atoms with Crippen molar-refractivity contribution in [3.05, 3.63) is 43.1 Å². The van der Waals surface area contributed by atoms with Gasteiger partial charge in [0, 0.05) is 54.2 Å². The predicted molar refractivity (Wildman–Crippen MR) is 71.3 cm³/mol. The van der Waals surface area contributed by atoms with Crippen molar-refractivity contribution in [3.63, 3.8) is 0 Å². The van der Waals surface area contributed by atoms with Crippen molar-refractivity contribution in [2.45, 2.75) is 0 Å². The molecule has 3 aromatic heterocycles. The maximum Gasteiger partial charge on any atom is 0.0988 e. The van der Waals surface area contributed by atoms with E-state index in [1.807, 2.05) is 29.9 Å². The lowest BCUT2D eigenvalue weighted by molar-refractivity contribution is 0.934. The third kappa shape index (κ3) is 1.12. The zero-order valence-corrected chi connectivity index (χ0v) is 9.83. The number of pyridine rings is 1. The summed E-state index contributed by atoms with van der Waals surface area (Å²) in [7, 11) is 2.01. The number of benzene rings is 1. The molecule has 0 radical (unpaired) electrons. The van der Waals surface area contributed by atoms with Gasteiger partial charge in [0.15, 0.2) is 0 Å². The van der Waals surface area contributed by atoms with Crippen LogP contribution in [0.15, 0.2) is 43.1 Å². The molecule has 86 valence electrons. The molecule has 4 nitrogen and oxygen atoms in total. The van der Waals surface area contributed by atoms with Gasteiger partial charge in [-0.05, 0) is 12.1 Å². The van der Waals surface area contributed by atoms with Gasteiger partial charge in [-0.15, -0.1) is 0 Å². The van der Waals surface area contributed by atoms with E-state index in [1.165, 1.54) is 0 Å². The van der Waals surface area contributed by atoms with Crippen molar-refractivity contribution in [2.24, 2.45) is 7.05 Å². The fourth-order valence-electron chi connectivity index (χ4n) is 2.50. The van der Waals surface area contributed by atoms with Gasteiger partial charge >= 0.3 is 0 Å². The summed E-state index contributed by atoms with van der Waals surface area (Å²) in [4.78, 5) is 13.4. The van der Waals surface area contributed by atoms with Crippen molar-refractivity contribution >= 4 is 32.7 Å². The summed E-state index contributed by atoms with van der Waals surface area (Å²) in [5.41, 5.74) is 2.84. The number of aromatic nitrogens is 4. The highest BCUT2D eigenvalue weighted by molar-refractivity contribution is 6.21. The SMILES string of the molecule is Cn1cc2c(c1)c1nccnc1c1cccnc21. The van der Waals surface area contributed by atoms with Crippen molar-refractivity contribution in [3.8, 4) is 0 Å². The second-order valence-electron chi connectivity index (χ2n) is 4.40. The summed E-state index contributed by atoms with van der Waals surface area (Å²) in [6.07, 6.45) is 9.43. The molecular formula is C14H10N4. The van der Waals surface area contributed by atoms with Gasteiger partial charge in [0.1, 0.15) is 0 Å². The van der Waals surface area contributed by atoms with E-state index >= 15 is 0 Å². The zero-order valence-electron chi connectivity index (χ0n) is 9.83. The van der Waals surface area contributed by atoms with E-state index in [9.17, 15) is 0 Å². The molecule has 0 aliphatic heterocycles. The van der Waals surface area contributed by atoms with Crippen LogP contribution in [0.2, 0.25) is 0 Å². The summed E-state index contributed by atoms with van der Waals surface area (Å²) in [6.45, 7) is 0. The van der Waals surface area contributed by atoms with Crippen LogP contribution in [0.1, 0.15) is 0 Å². The highest BCUT2D eigenvalue weighted by Crippen LogP contribution is 2.31. The second-order valence-corrected chi connectivity index (χ2v) is 4.40. The molecule has 4 heteroatoms. The summed E-state index contributed by atoms with van der Waals surface area (Å²) in [6, 6.07) is 3.98. The first-order chi connectivity index (χ1) is 8.84. The van der Waals surface area contributed by atoms with Crippen molar-refractivity contribution < 1.29 is 0 Å². The molecule has 0 unspecified atom stereocenters. The summed E-state index contributed by atoms with van der Waals surface area (Å²) < 4.78 is 2.03. The Bertz CT molecular complexity index is 819. The Labute approximate surface area is 103 Å². The first-order valence-electron chi connectivity index (χ1n) is 5.78. The molecule has 0 atom stereocenters. The minimum Gasteiger partial charge on any atom is -0.356 e. The average Bonchev–Trinajstić information content (AvgIpc) is 2.81. The third-order valence-electron chi connectivity index (χ3n) is 3.23. The fourth-order valence-corrected chi connectivity index (χ4v) is 2.50. The van der Waals surface area contributed by atoms with Crippen LogP contribution in [-0.2, 0) is 7.05 Å². The first kappa shape index (κ1) is 9.53. The van der Waals surface area contributed by atoms with Crippen LogP contribution < -0.4 is 0 Å². The van der Waals surface area contributed by atoms with Gasteiger partial charge in [-0.2, -0.15) is 0 Å². The highest BCUT2D eigenvalue weighted by Gasteiger charge is 2.11. The molecule has 0 amide bonds. The second kappa shape index (κ2) is 3.26. The van der Waals surface area contributed by atoms with Crippen LogP contribution in [0.4, 0.5) is 0 Å². The molecule has 0 aliphatic rings. The Hall–Kier alpha value is -2.49. The van der Waals surface area contributed by atoms with Crippen LogP contribution >= 0.6 is 0 Å². The van der Waals surface area contributed by atoms with Crippen LogP contribution in [0.25, 0.3) is 32.7 Å². The smallest absolute Gasteiger partial charge is 0.0988 e. The van der Waals surface area contributed by atoms with Gasteiger partial charge in [0.2, 0.25) is 0 Å². The Morgan fingerprint density at radius 2 is 1.39 bits per heavy atom. The number of hydrogen-bond donors (Lipinski definition) is 0. The van der Waals surface area contributed by atoms with Gasteiger partial charge in [0.25, 0.3) is 0 Å². The minimum atomic E-state index is 0.916. The van der Waals surface area contributed by atoms with E-state index in [0.29, 0.717) is 0 Å². The van der Waals surface area contributed by atoms with E-state index in [4.69, 9.17) is 0 Å². The minimum absolute atomic E-state index is 0.916. The molecule has 0 saturated heterocycles. The summed E-state index contributed by atoms with van der Waals surface area (Å²) >= 11 is 0. The third-order valence-corrected chi connectivity index (χ3v) is 3.23. The molecule has 4 rings (SSSR count). The Morgan fingerprint density at radius 3 is 2.17 bits per heavy atom. The Kier molecular flexibility index (Phi) is 1.73. The molecule has 0 spiro atoms. The van der Waals surface area contributed by atoms with Crippen LogP contribution in [0.5, 0.6) is 0 Å². The molecule has 1 aromatic carbocycles. The monoisotopic (exact) mass is 234 g/mol. The molecule has 4 aromatic rings. The maximum absolute atomic E-state index is 4.49. The summed E-state index contributed by atoms with van der Waals surface area (Å²) in [5, 5.41) is 3.28. The standard InChI is InChI=1S/C14H10N4/c1-18-7-10-11(8-18)14-13(16-5-6-17-14)9-3-2-4-15-12(9)10/h2-8H,1H3. The number of nitrogens with zero attached hydrogens (tertiary/aromatic N) is 4. The molecular weight excluding hydrogens is 224 g/mol. The van der Waals surface area contributed by atoms with Gasteiger partial charge < -0.3 is 4.57 Å². The molecule has 18 heavy (non-hydrogen) atoms. The Balaban J connectivity index is 2.45. The lowest BCUT2D eigenvalue weighted by atomic mass is 10.1. The normalized spacial score (nSPS) is 11.6. The van der Waals surface area contributed by atoms with E-state index in [2.05, 4.69) is 27.3 Å². The van der Waals surface area contributed by atoms with Gasteiger partial charge in [-0.1, -0.05) is 0 Å². The fraction of sp³-hybridized carbons (Fsp3) is 0.0714. The van der Waals surface area contributed by atoms with E-state index in [1.54, 1.807) is 12.4 Å². The predicted octanol–water partition coefficient (Wildman–Crippen LogP) is 2.67. The number of hydrogen-bond acceptors (Lipinski definition) is 3. The molecule has 0 saturated carbocycles. The van der Waals surface area contributed by atoms with Gasteiger partial charge in [-0.3, -0.25) is 15.0 Å². The van der Waals surface area contributed by atoms with Crippen molar-refractivity contribution in [2.75, 3.05) is 0 Å². The van der Waals surface area contributed by atoms with Crippen LogP contribution in [-0.4, -0.2) is 19.5 Å². The van der Waals surface area contributed by atoms with Gasteiger partial charge in [-0.25, -0.2) is 0 Å². The Morgan fingerprint density at radius 1 is 0.778 bits per heavy atom. The largest absolute Gasteiger partial charge is 0.356 e. The van der Waals surface area contributed by atoms with Crippen LogP contribution in [0, 0.1) is 0 Å². The average molecular weight is 234 g/mol. The molecule has 0 fully saturated rings. The molecule has 0 aliphatic carbocycles. The maximum atomic E-state index is 4.49. The topological polar surface area (TPSA) is 43.6 Å². The number of fused-ring (bicyclic) bond motifs is 6. The van der Waals surface area contributed by atoms with Crippen LogP contribution in [0.3, 0.4) is 0 Å². The number of aryl methyl sites for hydroxylation is 1. The van der Waals surface area contributed by atoms with Crippen molar-refractivity contribution in [1.82, 2.24) is 19.5 Å². The first-order valence-corrected chi connectivity index (χ1v) is 5.78. The lowest BCUT2D eigenvalue weighted by Gasteiger charge is -2.03. The van der Waals surface area contributed by atoms with Crippen molar-refractivity contribution in [1.29, 1.82) is 0 Å². The van der Waals surface area contributed by atoms with Gasteiger partial charge in [0.05, 0.1) is 16.6 Å². The molecule has 0 N–H and O–H groups in total. The van der Waals surface area contributed by atoms with E-state index < -0.39 is 0 Å². The zero-order chi connectivity index (χ0) is 12.1. The van der Waals surface area contributed by atoms with E-state index in [0.717, 1.165) is 32.7 Å². The molecule has 0 bridgehead atoms. The molecule has 3 heterocycles. The lowest BCUT2D eigenvalue weighted by Crippen LogP contribution is -1.87. The summed E-state index contributed by atoms with van der Waals surface area (Å²) in [5.74, 6) is 0. The quantitative estimate of drug-likeness (QED) is 0.439.